The Kier molecular flexibility index (Phi) is 19.6. The Morgan fingerprint density at radius 2 is 0.651 bits per heavy atom. The molecule has 0 spiro atoms. The Morgan fingerprint density at radius 3 is 1.09 bits per heavy atom. The van der Waals surface area contributed by atoms with E-state index in [0.29, 0.717) is 0 Å². The number of anilines is 12. The molecule has 8 aliphatic rings. The topological polar surface area (TPSA) is 13.0 Å². The lowest BCUT2D eigenvalue weighted by molar-refractivity contribution is 0.310. The summed E-state index contributed by atoms with van der Waals surface area (Å²) in [6.45, 7) is 76.6. The zero-order valence-corrected chi connectivity index (χ0v) is 85.7. The van der Waals surface area contributed by atoms with Gasteiger partial charge in [-0.05, 0) is 325 Å². The number of benzene rings is 10. The minimum absolute atomic E-state index is 0.00803. The maximum atomic E-state index is 2.85. The summed E-state index contributed by atoms with van der Waals surface area (Å²) in [7, 11) is 0. The molecule has 8 heteroatoms. The highest BCUT2D eigenvalue weighted by atomic mass is 32.1. The fourth-order valence-electron chi connectivity index (χ4n) is 24.4. The van der Waals surface area contributed by atoms with E-state index in [1.165, 1.54) is 190 Å². The van der Waals surface area contributed by atoms with Crippen LogP contribution in [0.1, 0.15) is 341 Å². The Morgan fingerprint density at radius 1 is 0.295 bits per heavy atom. The van der Waals surface area contributed by atoms with Crippen molar-refractivity contribution < 1.29 is 0 Å². The molecule has 0 amide bonds. The van der Waals surface area contributed by atoms with Crippen molar-refractivity contribution >= 4 is 136 Å². The van der Waals surface area contributed by atoms with Crippen molar-refractivity contribution in [2.24, 2.45) is 0 Å². The summed E-state index contributed by atoms with van der Waals surface area (Å²) in [6.07, 6.45) is 9.88. The molecule has 664 valence electrons. The van der Waals surface area contributed by atoms with E-state index in [-0.39, 0.29) is 83.8 Å². The molecule has 6 heterocycles. The molecule has 2 aromatic heterocycles. The number of aryl methyl sites for hydroxylation is 1. The van der Waals surface area contributed by atoms with Crippen LogP contribution in [0.4, 0.5) is 68.2 Å². The Hall–Kier alpha value is -9.07. The van der Waals surface area contributed by atoms with Gasteiger partial charge in [-0.3, -0.25) is 0 Å². The number of nitrogens with zero attached hydrogens (tertiary/aromatic N) is 4. The average Bonchev–Trinajstić information content (AvgIpc) is 1.56. The third kappa shape index (κ3) is 13.9. The Labute approximate surface area is 784 Å². The molecule has 12 aromatic rings. The van der Waals surface area contributed by atoms with Gasteiger partial charge in [0.2, 0.25) is 0 Å². The third-order valence-electron chi connectivity index (χ3n) is 33.0. The molecule has 0 saturated carbocycles. The summed E-state index contributed by atoms with van der Waals surface area (Å²) in [5, 5.41) is 0. The number of hydrogen-bond donors (Lipinski definition) is 0. The summed E-state index contributed by atoms with van der Waals surface area (Å²) >= 11 is 4.32. The number of rotatable bonds is 8. The second-order valence-corrected chi connectivity index (χ2v) is 53.2. The SMILES string of the molecule is Cc1cc2c3c(c1)N(c1ccc(C(C)(C)C)cc1)c1c(sc4c1C(C)(C)CCC4(C)C)B3c1cc3c(cc1N2c1ccc(C(C)(C)C)cc1-c1cccc(CC2(C)CCC(C)(C)c4cc5c(cc42)B2c4sc6c(c4N(c4ccc(C(C)(C)C)cc4)c4cc(C(C)(C)C)cc(c42)N5c2ccc(C(C)(C)C)cc2-c2ccccc2)C(C)(C)CCC6(C)C)c1)C(C)(C)CCC3(C)C. The highest BCUT2D eigenvalue weighted by molar-refractivity contribution is 7.30. The molecule has 0 bridgehead atoms. The van der Waals surface area contributed by atoms with Gasteiger partial charge in [-0.15, -0.1) is 0 Å². The van der Waals surface area contributed by atoms with Gasteiger partial charge in [0.15, 0.2) is 0 Å². The molecule has 0 saturated heterocycles. The van der Waals surface area contributed by atoms with E-state index in [0.717, 1.165) is 51.4 Å². The number of hydrogen-bond acceptors (Lipinski definition) is 6. The van der Waals surface area contributed by atoms with Gasteiger partial charge in [0, 0.05) is 75.9 Å². The maximum absolute atomic E-state index is 2.85. The van der Waals surface area contributed by atoms with Gasteiger partial charge in [-0.2, -0.15) is 22.7 Å². The summed E-state index contributed by atoms with van der Waals surface area (Å²) in [6, 6.07) is 77.8. The standard InChI is InChI=1S/C121H142B2N4S2/c1-72-60-95-101-96(61-72)126(93-69-86-85(114(17,18)52-53-115(86,19)20)67-89(93)122(101)107-103(99-105(128-107)119(27,28)56-54-117(99,23)24)124(95)81-46-40-76(41-47-81)109(2,3)4)92-51-45-79(112(11,12)13)64-84(92)75-39-35-36-73(62-75)71-121(31)59-58-116(21,22)87-70-94-90(68-88(87)121)123-102-97(125(82-48-42-77(43-49-82)110(5,6)7)104-100-106(129-108(104)123)120(29,30)57-55-118(100,25)26)65-80(113(14,15)16)66-98(102)127(94)91-50-44-78(111(8,9)10)63-83(91)74-37-33-32-34-38-74/h32-51,60-70H,52-59,71H2,1-31H3. The summed E-state index contributed by atoms with van der Waals surface area (Å²) in [4.78, 5) is 14.3. The van der Waals surface area contributed by atoms with Gasteiger partial charge in [0.05, 0.1) is 22.7 Å². The first-order chi connectivity index (χ1) is 60.1. The maximum Gasteiger partial charge on any atom is 0.264 e. The molecule has 0 fully saturated rings. The minimum atomic E-state index is -0.260. The second kappa shape index (κ2) is 28.7. The van der Waals surface area contributed by atoms with E-state index in [2.05, 4.69) is 445 Å². The third-order valence-corrected chi connectivity index (χ3v) is 36.2. The first-order valence-corrected chi connectivity index (χ1v) is 50.6. The van der Waals surface area contributed by atoms with Crippen LogP contribution in [0.25, 0.3) is 22.3 Å². The van der Waals surface area contributed by atoms with Crippen LogP contribution in [-0.2, 0) is 76.8 Å². The molecule has 129 heavy (non-hydrogen) atoms. The molecule has 10 aromatic carbocycles. The molecule has 1 atom stereocenters. The second-order valence-electron chi connectivity index (χ2n) is 51.1. The van der Waals surface area contributed by atoms with E-state index < -0.39 is 0 Å². The van der Waals surface area contributed by atoms with Crippen molar-refractivity contribution in [1.29, 1.82) is 0 Å². The van der Waals surface area contributed by atoms with Crippen LogP contribution in [0.15, 0.2) is 188 Å². The van der Waals surface area contributed by atoms with Crippen LogP contribution in [-0.4, -0.2) is 13.4 Å². The fourth-order valence-corrected chi connectivity index (χ4v) is 27.8. The van der Waals surface area contributed by atoms with Crippen LogP contribution < -0.4 is 51.0 Å². The zero-order chi connectivity index (χ0) is 92.0. The quantitative estimate of drug-likeness (QED) is 0.141. The first-order valence-electron chi connectivity index (χ1n) is 49.0. The smallest absolute Gasteiger partial charge is 0.264 e. The van der Waals surface area contributed by atoms with Crippen LogP contribution in [0, 0.1) is 6.92 Å². The lowest BCUT2D eigenvalue weighted by atomic mass is 9.35. The molecule has 4 nitrogen and oxygen atoms in total. The Balaban J connectivity index is 0.812. The highest BCUT2D eigenvalue weighted by Gasteiger charge is 2.56. The Bertz CT molecular complexity index is 6630. The van der Waals surface area contributed by atoms with Crippen molar-refractivity contribution in [1.82, 2.24) is 0 Å². The molecule has 0 radical (unpaired) electrons. The van der Waals surface area contributed by atoms with Crippen LogP contribution in [0.3, 0.4) is 0 Å². The van der Waals surface area contributed by atoms with Crippen molar-refractivity contribution in [3.05, 3.63) is 270 Å². The minimum Gasteiger partial charge on any atom is -0.311 e. The number of fused-ring (bicyclic) bond motifs is 14. The predicted molar refractivity (Wildman–Crippen MR) is 565 cm³/mol. The molecular weight excluding hydrogens is 1600 g/mol. The van der Waals surface area contributed by atoms with Gasteiger partial charge < -0.3 is 19.6 Å². The molecule has 4 aliphatic carbocycles. The molecule has 1 unspecified atom stereocenters. The molecule has 0 N–H and O–H groups in total. The van der Waals surface area contributed by atoms with Crippen LogP contribution >= 0.6 is 22.7 Å². The molecular formula is C121H142B2N4S2. The first kappa shape index (κ1) is 87.9. The van der Waals surface area contributed by atoms with Gasteiger partial charge in [-0.1, -0.05) is 311 Å². The molecule has 20 rings (SSSR count). The van der Waals surface area contributed by atoms with Crippen molar-refractivity contribution in [3.63, 3.8) is 0 Å². The van der Waals surface area contributed by atoms with E-state index in [1.807, 2.05) is 0 Å². The van der Waals surface area contributed by atoms with Gasteiger partial charge in [0.1, 0.15) is 0 Å². The van der Waals surface area contributed by atoms with Crippen molar-refractivity contribution in [3.8, 4) is 22.3 Å². The highest BCUT2D eigenvalue weighted by Crippen LogP contribution is 2.63. The largest absolute Gasteiger partial charge is 0.311 e. The van der Waals surface area contributed by atoms with E-state index >= 15 is 0 Å². The normalized spacial score (nSPS) is 19.7. The summed E-state index contributed by atoms with van der Waals surface area (Å²) in [5.74, 6) is 0. The van der Waals surface area contributed by atoms with Gasteiger partial charge >= 0.3 is 0 Å². The predicted octanol–water partition coefficient (Wildman–Crippen LogP) is 30.7. The lowest BCUT2D eigenvalue weighted by Gasteiger charge is -2.49. The van der Waals surface area contributed by atoms with Gasteiger partial charge in [-0.25, -0.2) is 0 Å². The zero-order valence-electron chi connectivity index (χ0n) is 84.0. The van der Waals surface area contributed by atoms with Crippen LogP contribution in [0.2, 0.25) is 0 Å². The van der Waals surface area contributed by atoms with E-state index in [9.17, 15) is 0 Å². The van der Waals surface area contributed by atoms with Crippen molar-refractivity contribution in [2.75, 3.05) is 19.6 Å². The fraction of sp³-hybridized carbons (Fsp3) is 0.438. The summed E-state index contributed by atoms with van der Waals surface area (Å²) in [5.41, 5.74) is 43.8. The van der Waals surface area contributed by atoms with Gasteiger partial charge in [0.25, 0.3) is 13.4 Å². The number of thiophene rings is 2. The summed E-state index contributed by atoms with van der Waals surface area (Å²) < 4.78 is 2.99. The van der Waals surface area contributed by atoms with E-state index in [4.69, 9.17) is 0 Å². The van der Waals surface area contributed by atoms with Crippen molar-refractivity contribution in [2.45, 2.75) is 343 Å². The average molecular weight is 1740 g/mol. The van der Waals surface area contributed by atoms with E-state index in [1.54, 1.807) is 20.9 Å². The van der Waals surface area contributed by atoms with Crippen LogP contribution in [0.5, 0.6) is 0 Å². The molecule has 4 aliphatic heterocycles. The lowest BCUT2D eigenvalue weighted by Crippen LogP contribution is -2.61. The monoisotopic (exact) mass is 1740 g/mol.